The Morgan fingerprint density at radius 3 is 2.57 bits per heavy atom. The zero-order valence-corrected chi connectivity index (χ0v) is 21.6. The molecular weight excluding hydrogens is 438 g/mol. The number of nitrogens with zero attached hydrogens (tertiary/aromatic N) is 1. The Morgan fingerprint density at radius 2 is 1.89 bits per heavy atom. The highest BCUT2D eigenvalue weighted by Crippen LogP contribution is 2.16. The number of hydrogen-bond donors (Lipinski definition) is 3. The molecule has 0 saturated carbocycles. The van der Waals surface area contributed by atoms with Gasteiger partial charge in [-0.15, -0.1) is 0 Å². The number of nitrogens with one attached hydrogen (secondary N) is 2. The summed E-state index contributed by atoms with van der Waals surface area (Å²) in [6, 6.07) is 7.96. The maximum atomic E-state index is 12.3. The van der Waals surface area contributed by atoms with Crippen molar-refractivity contribution in [1.29, 1.82) is 0 Å². The van der Waals surface area contributed by atoms with E-state index in [9.17, 15) is 9.90 Å². The third-order valence-corrected chi connectivity index (χ3v) is 5.70. The van der Waals surface area contributed by atoms with Gasteiger partial charge in [-0.2, -0.15) is 0 Å². The third-order valence-electron chi connectivity index (χ3n) is 5.70. The van der Waals surface area contributed by atoms with Crippen molar-refractivity contribution in [2.45, 2.75) is 52.0 Å². The summed E-state index contributed by atoms with van der Waals surface area (Å²) < 4.78 is 5.73. The van der Waals surface area contributed by atoms with Gasteiger partial charge in [0.15, 0.2) is 5.76 Å². The first kappa shape index (κ1) is 28.0. The number of carbonyl (C=O) groups excluding carboxylic acids is 1. The number of unbranched alkanes of at least 4 members (excludes halogenated alkanes) is 1. The second-order valence-corrected chi connectivity index (χ2v) is 8.85. The summed E-state index contributed by atoms with van der Waals surface area (Å²) in [5.74, 6) is -0.0488. The fourth-order valence-electron chi connectivity index (χ4n) is 3.49. The van der Waals surface area contributed by atoms with Crippen molar-refractivity contribution < 1.29 is 14.6 Å². The van der Waals surface area contributed by atoms with Gasteiger partial charge in [0.2, 0.25) is 0 Å². The lowest BCUT2D eigenvalue weighted by Crippen LogP contribution is -2.34. The molecule has 190 valence electrons. The monoisotopic (exact) mass is 479 g/mol. The molecule has 35 heavy (non-hydrogen) atoms. The molecule has 1 aliphatic rings. The Bertz CT molecular complexity index is 940. The molecule has 0 heterocycles. The van der Waals surface area contributed by atoms with E-state index in [2.05, 4.69) is 43.5 Å². The number of aliphatic hydroxyl groups is 1. The van der Waals surface area contributed by atoms with E-state index in [0.717, 1.165) is 55.7 Å². The average molecular weight is 480 g/mol. The molecule has 0 spiro atoms. The standard InChI is InChI=1S/C29H41N3O3/c1-5-7-21-35-27-13-8-11-23(15-20-27)12-9-14-28(33)29(34)31-25-18-16-24(17-19-25)30-22-26(10-6-2)32(3)4/h8-9,12-20,26,30,33H,5-7,10-11,21-22H2,1-4H3,(H,31,34)/b12-9+,28-14-. The Kier molecular flexibility index (Phi) is 12.5. The lowest BCUT2D eigenvalue weighted by Gasteiger charge is -2.24. The lowest BCUT2D eigenvalue weighted by molar-refractivity contribution is -0.115. The van der Waals surface area contributed by atoms with Crippen molar-refractivity contribution in [3.8, 4) is 0 Å². The molecular formula is C29H41N3O3. The number of allylic oxidation sites excluding steroid dienone is 8. The van der Waals surface area contributed by atoms with Crippen LogP contribution in [0, 0.1) is 0 Å². The third kappa shape index (κ3) is 10.7. The molecule has 6 heteroatoms. The lowest BCUT2D eigenvalue weighted by atomic mass is 10.1. The van der Waals surface area contributed by atoms with Gasteiger partial charge in [0.1, 0.15) is 5.76 Å². The highest BCUT2D eigenvalue weighted by Gasteiger charge is 2.10. The summed E-state index contributed by atoms with van der Waals surface area (Å²) in [5.41, 5.74) is 2.67. The van der Waals surface area contributed by atoms with Gasteiger partial charge in [-0.25, -0.2) is 0 Å². The summed E-state index contributed by atoms with van der Waals surface area (Å²) in [4.78, 5) is 14.6. The molecule has 0 radical (unpaired) electrons. The number of rotatable bonds is 14. The molecule has 6 nitrogen and oxygen atoms in total. The molecule has 1 unspecified atom stereocenters. The minimum absolute atomic E-state index is 0.347. The second-order valence-electron chi connectivity index (χ2n) is 8.85. The molecule has 1 aromatic carbocycles. The van der Waals surface area contributed by atoms with Gasteiger partial charge in [0.25, 0.3) is 5.91 Å². The smallest absolute Gasteiger partial charge is 0.290 e. The van der Waals surface area contributed by atoms with Gasteiger partial charge >= 0.3 is 0 Å². The van der Waals surface area contributed by atoms with E-state index in [-0.39, 0.29) is 5.76 Å². The molecule has 0 aromatic heterocycles. The predicted molar refractivity (Wildman–Crippen MR) is 147 cm³/mol. The summed E-state index contributed by atoms with van der Waals surface area (Å²) in [6.07, 6.45) is 18.1. The molecule has 1 aliphatic carbocycles. The van der Waals surface area contributed by atoms with Crippen molar-refractivity contribution in [3.63, 3.8) is 0 Å². The van der Waals surface area contributed by atoms with Crippen molar-refractivity contribution in [2.75, 3.05) is 37.9 Å². The zero-order chi connectivity index (χ0) is 25.5. The number of hydrogen-bond acceptors (Lipinski definition) is 5. The SMILES string of the molecule is CCCCOC1=CC=C(/C=C/C=C(\O)C(=O)Nc2ccc(NCC(CCC)N(C)C)cc2)CC=C1. The van der Waals surface area contributed by atoms with Crippen molar-refractivity contribution in [1.82, 2.24) is 4.90 Å². The number of carbonyl (C=O) groups is 1. The molecule has 0 saturated heterocycles. The van der Waals surface area contributed by atoms with Crippen LogP contribution in [0.1, 0.15) is 46.0 Å². The molecule has 2 rings (SSSR count). The molecule has 0 bridgehead atoms. The van der Waals surface area contributed by atoms with E-state index in [1.807, 2.05) is 54.6 Å². The Morgan fingerprint density at radius 1 is 1.14 bits per heavy atom. The normalized spacial score (nSPS) is 14.9. The van der Waals surface area contributed by atoms with E-state index >= 15 is 0 Å². The van der Waals surface area contributed by atoms with E-state index in [1.165, 1.54) is 6.08 Å². The molecule has 0 fully saturated rings. The number of amides is 1. The van der Waals surface area contributed by atoms with Gasteiger partial charge in [0.05, 0.1) is 6.61 Å². The van der Waals surface area contributed by atoms with Crippen LogP contribution < -0.4 is 10.6 Å². The number of aliphatic hydroxyl groups excluding tert-OH is 1. The van der Waals surface area contributed by atoms with Gasteiger partial charge in [-0.3, -0.25) is 4.79 Å². The molecule has 3 N–H and O–H groups in total. The maximum absolute atomic E-state index is 12.3. The topological polar surface area (TPSA) is 73.8 Å². The van der Waals surface area contributed by atoms with Crippen LogP contribution in [0.3, 0.4) is 0 Å². The predicted octanol–water partition coefficient (Wildman–Crippen LogP) is 6.35. The van der Waals surface area contributed by atoms with Crippen molar-refractivity contribution >= 4 is 17.3 Å². The summed E-state index contributed by atoms with van der Waals surface area (Å²) in [7, 11) is 4.19. The fraction of sp³-hybridized carbons (Fsp3) is 0.414. The molecule has 1 aromatic rings. The summed E-state index contributed by atoms with van der Waals surface area (Å²) >= 11 is 0. The van der Waals surface area contributed by atoms with E-state index < -0.39 is 5.91 Å². The van der Waals surface area contributed by atoms with Crippen LogP contribution in [-0.2, 0) is 9.53 Å². The summed E-state index contributed by atoms with van der Waals surface area (Å²) in [6.45, 7) is 5.90. The first-order chi connectivity index (χ1) is 16.9. The summed E-state index contributed by atoms with van der Waals surface area (Å²) in [5, 5.41) is 16.3. The van der Waals surface area contributed by atoms with Crippen LogP contribution >= 0.6 is 0 Å². The first-order valence-corrected chi connectivity index (χ1v) is 12.5. The largest absolute Gasteiger partial charge is 0.503 e. The van der Waals surface area contributed by atoms with Crippen LogP contribution in [0.25, 0.3) is 0 Å². The van der Waals surface area contributed by atoms with E-state index in [0.29, 0.717) is 18.3 Å². The minimum Gasteiger partial charge on any atom is -0.503 e. The number of ether oxygens (including phenoxy) is 1. The number of benzene rings is 1. The maximum Gasteiger partial charge on any atom is 0.290 e. The zero-order valence-electron chi connectivity index (χ0n) is 21.6. The van der Waals surface area contributed by atoms with Crippen LogP contribution in [0.2, 0.25) is 0 Å². The van der Waals surface area contributed by atoms with E-state index in [1.54, 1.807) is 6.08 Å². The highest BCUT2D eigenvalue weighted by atomic mass is 16.5. The van der Waals surface area contributed by atoms with E-state index in [4.69, 9.17) is 4.74 Å². The first-order valence-electron chi connectivity index (χ1n) is 12.5. The molecule has 1 amide bonds. The Labute approximate surface area is 210 Å². The van der Waals surface area contributed by atoms with Crippen LogP contribution in [0.5, 0.6) is 0 Å². The van der Waals surface area contributed by atoms with Crippen LogP contribution in [0.4, 0.5) is 11.4 Å². The van der Waals surface area contributed by atoms with Crippen LogP contribution in [0.15, 0.2) is 83.9 Å². The minimum atomic E-state index is -0.549. The Balaban J connectivity index is 1.86. The van der Waals surface area contributed by atoms with Gasteiger partial charge in [-0.05, 0) is 81.4 Å². The van der Waals surface area contributed by atoms with Gasteiger partial charge in [0, 0.05) is 24.0 Å². The Hall–Kier alpha value is -3.25. The van der Waals surface area contributed by atoms with Crippen LogP contribution in [-0.4, -0.2) is 49.2 Å². The fourth-order valence-corrected chi connectivity index (χ4v) is 3.49. The number of likely N-dealkylation sites (N-methyl/N-ethyl adjacent to an activating group) is 1. The molecule has 1 atom stereocenters. The highest BCUT2D eigenvalue weighted by molar-refractivity contribution is 6.02. The van der Waals surface area contributed by atoms with Gasteiger partial charge < -0.3 is 25.4 Å². The average Bonchev–Trinajstić information content (AvgIpc) is 3.07. The second kappa shape index (κ2) is 15.6. The van der Waals surface area contributed by atoms with Crippen molar-refractivity contribution in [3.05, 3.63) is 83.9 Å². The number of anilines is 2. The molecule has 0 aliphatic heterocycles. The quantitative estimate of drug-likeness (QED) is 0.125. The van der Waals surface area contributed by atoms with Crippen molar-refractivity contribution in [2.24, 2.45) is 0 Å². The van der Waals surface area contributed by atoms with Gasteiger partial charge in [-0.1, -0.05) is 51.0 Å².